The van der Waals surface area contributed by atoms with Crippen LogP contribution >= 0.6 is 12.2 Å². The zero-order chi connectivity index (χ0) is 10.8. The highest BCUT2D eigenvalue weighted by molar-refractivity contribution is 7.80. The Labute approximate surface area is 92.6 Å². The molecule has 0 spiro atoms. The molecule has 0 saturated heterocycles. The molecule has 1 aromatic rings. The van der Waals surface area contributed by atoms with Crippen molar-refractivity contribution in [1.82, 2.24) is 5.32 Å². The van der Waals surface area contributed by atoms with E-state index in [1.807, 2.05) is 19.1 Å². The zero-order valence-electron chi connectivity index (χ0n) is 8.16. The van der Waals surface area contributed by atoms with Crippen molar-refractivity contribution in [2.45, 2.75) is 6.92 Å². The van der Waals surface area contributed by atoms with Crippen LogP contribution in [0.15, 0.2) is 18.2 Å². The van der Waals surface area contributed by atoms with Gasteiger partial charge in [0.15, 0.2) is 10.9 Å². The van der Waals surface area contributed by atoms with Gasteiger partial charge in [0.2, 0.25) is 0 Å². The predicted octanol–water partition coefficient (Wildman–Crippen LogP) is 1.20. The molecule has 0 saturated carbocycles. The van der Waals surface area contributed by atoms with Gasteiger partial charge in [-0.3, -0.25) is 0 Å². The average molecular weight is 222 g/mol. The molecule has 0 unspecified atom stereocenters. The van der Waals surface area contributed by atoms with E-state index in [9.17, 15) is 4.79 Å². The van der Waals surface area contributed by atoms with Gasteiger partial charge in [-0.2, -0.15) is 0 Å². The van der Waals surface area contributed by atoms with Crippen molar-refractivity contribution >= 4 is 29.0 Å². The molecule has 15 heavy (non-hydrogen) atoms. The summed E-state index contributed by atoms with van der Waals surface area (Å²) < 4.78 is 5.12. The number of esters is 1. The lowest BCUT2D eigenvalue weighted by molar-refractivity contribution is -0.133. The van der Waals surface area contributed by atoms with Crippen LogP contribution in [0.25, 0.3) is 0 Å². The summed E-state index contributed by atoms with van der Waals surface area (Å²) in [7, 11) is 0. The topological polar surface area (TPSA) is 50.4 Å². The molecule has 1 heterocycles. The van der Waals surface area contributed by atoms with Crippen molar-refractivity contribution in [3.05, 3.63) is 23.8 Å². The van der Waals surface area contributed by atoms with Crippen molar-refractivity contribution in [2.75, 3.05) is 11.9 Å². The molecule has 4 nitrogen and oxygen atoms in total. The number of thiocarbonyl (C=S) groups is 1. The van der Waals surface area contributed by atoms with E-state index < -0.39 is 0 Å². The molecule has 0 aromatic heterocycles. The second kappa shape index (κ2) is 3.86. The summed E-state index contributed by atoms with van der Waals surface area (Å²) >= 11 is 4.99. The molecule has 0 radical (unpaired) electrons. The summed E-state index contributed by atoms with van der Waals surface area (Å²) in [6.07, 6.45) is 0. The van der Waals surface area contributed by atoms with E-state index in [4.69, 9.17) is 17.0 Å². The SMILES string of the molecule is Cc1ccc2c(c1)NC(=S)NCC(=O)O2. The minimum Gasteiger partial charge on any atom is -0.423 e. The Morgan fingerprint density at radius 3 is 3.07 bits per heavy atom. The van der Waals surface area contributed by atoms with Crippen LogP contribution in [-0.4, -0.2) is 17.6 Å². The standard InChI is InChI=1S/C10H10N2O2S/c1-6-2-3-8-7(4-6)12-10(15)11-5-9(13)14-8/h2-4H,5H2,1H3,(H2,11,12,15). The van der Waals surface area contributed by atoms with Crippen LogP contribution in [0.1, 0.15) is 5.56 Å². The fraction of sp³-hybridized carbons (Fsp3) is 0.200. The minimum absolute atomic E-state index is 0.0825. The number of nitrogens with one attached hydrogen (secondary N) is 2. The van der Waals surface area contributed by atoms with Gasteiger partial charge in [0.25, 0.3) is 0 Å². The average Bonchev–Trinajstić information content (AvgIpc) is 2.17. The fourth-order valence-electron chi connectivity index (χ4n) is 1.31. The Morgan fingerprint density at radius 1 is 1.47 bits per heavy atom. The second-order valence-electron chi connectivity index (χ2n) is 3.28. The molecule has 0 bridgehead atoms. The minimum atomic E-state index is -0.344. The fourth-order valence-corrected chi connectivity index (χ4v) is 1.49. The number of rotatable bonds is 0. The third-order valence-corrected chi connectivity index (χ3v) is 2.25. The number of fused-ring (bicyclic) bond motifs is 1. The van der Waals surface area contributed by atoms with Crippen LogP contribution in [-0.2, 0) is 4.79 Å². The van der Waals surface area contributed by atoms with Gasteiger partial charge in [-0.25, -0.2) is 4.79 Å². The number of hydrogen-bond acceptors (Lipinski definition) is 3. The molecule has 2 N–H and O–H groups in total. The first-order valence-corrected chi connectivity index (χ1v) is 4.92. The number of benzene rings is 1. The highest BCUT2D eigenvalue weighted by Crippen LogP contribution is 2.26. The zero-order valence-corrected chi connectivity index (χ0v) is 8.98. The quantitative estimate of drug-likeness (QED) is 0.392. The van der Waals surface area contributed by atoms with E-state index in [2.05, 4.69) is 10.6 Å². The van der Waals surface area contributed by atoms with E-state index in [1.165, 1.54) is 0 Å². The molecular weight excluding hydrogens is 212 g/mol. The molecule has 0 atom stereocenters. The largest absolute Gasteiger partial charge is 0.423 e. The molecule has 1 aliphatic rings. The molecular formula is C10H10N2O2S. The highest BCUT2D eigenvalue weighted by Gasteiger charge is 2.14. The molecule has 5 heteroatoms. The van der Waals surface area contributed by atoms with Crippen molar-refractivity contribution in [3.63, 3.8) is 0 Å². The molecule has 0 amide bonds. The molecule has 2 rings (SSSR count). The predicted molar refractivity (Wildman–Crippen MR) is 61.0 cm³/mol. The van der Waals surface area contributed by atoms with E-state index in [1.54, 1.807) is 6.07 Å². The summed E-state index contributed by atoms with van der Waals surface area (Å²) in [5, 5.41) is 6.14. The summed E-state index contributed by atoms with van der Waals surface area (Å²) in [5.74, 6) is 0.165. The Bertz CT molecular complexity index is 431. The number of carbonyl (C=O) groups is 1. The number of hydrogen-bond donors (Lipinski definition) is 2. The van der Waals surface area contributed by atoms with Gasteiger partial charge in [-0.05, 0) is 36.8 Å². The van der Waals surface area contributed by atoms with Crippen molar-refractivity contribution in [3.8, 4) is 5.75 Å². The summed E-state index contributed by atoms with van der Waals surface area (Å²) in [5.41, 5.74) is 1.78. The van der Waals surface area contributed by atoms with Gasteiger partial charge in [0.05, 0.1) is 5.69 Å². The smallest absolute Gasteiger partial charge is 0.330 e. The molecule has 78 valence electrons. The Kier molecular flexibility index (Phi) is 2.55. The summed E-state index contributed by atoms with van der Waals surface area (Å²) in [4.78, 5) is 11.3. The number of anilines is 1. The van der Waals surface area contributed by atoms with E-state index in [-0.39, 0.29) is 12.5 Å². The monoisotopic (exact) mass is 222 g/mol. The first-order chi connectivity index (χ1) is 7.15. The third kappa shape index (κ3) is 2.24. The van der Waals surface area contributed by atoms with Crippen LogP contribution in [0, 0.1) is 6.92 Å². The lowest BCUT2D eigenvalue weighted by Crippen LogP contribution is -2.37. The molecule has 0 aliphatic carbocycles. The van der Waals surface area contributed by atoms with Crippen LogP contribution < -0.4 is 15.4 Å². The van der Waals surface area contributed by atoms with Gasteiger partial charge in [-0.1, -0.05) is 6.07 Å². The van der Waals surface area contributed by atoms with Crippen molar-refractivity contribution in [1.29, 1.82) is 0 Å². The summed E-state index contributed by atoms with van der Waals surface area (Å²) in [6.45, 7) is 2.04. The second-order valence-corrected chi connectivity index (χ2v) is 3.69. The van der Waals surface area contributed by atoms with Gasteiger partial charge in [0.1, 0.15) is 6.54 Å². The lowest BCUT2D eigenvalue weighted by atomic mass is 10.2. The maximum Gasteiger partial charge on any atom is 0.330 e. The maximum absolute atomic E-state index is 11.3. The molecule has 1 aromatic carbocycles. The third-order valence-electron chi connectivity index (χ3n) is 2.00. The normalized spacial score (nSPS) is 15.3. The number of aryl methyl sites for hydroxylation is 1. The highest BCUT2D eigenvalue weighted by atomic mass is 32.1. The lowest BCUT2D eigenvalue weighted by Gasteiger charge is -2.17. The van der Waals surface area contributed by atoms with Crippen LogP contribution in [0.3, 0.4) is 0 Å². The molecule has 1 aliphatic heterocycles. The first-order valence-electron chi connectivity index (χ1n) is 4.51. The first kappa shape index (κ1) is 9.92. The van der Waals surface area contributed by atoms with Gasteiger partial charge < -0.3 is 15.4 Å². The Hall–Kier alpha value is -1.62. The van der Waals surface area contributed by atoms with Crippen LogP contribution in [0.4, 0.5) is 5.69 Å². The van der Waals surface area contributed by atoms with Crippen LogP contribution in [0.5, 0.6) is 5.75 Å². The van der Waals surface area contributed by atoms with Gasteiger partial charge in [-0.15, -0.1) is 0 Å². The molecule has 0 fully saturated rings. The van der Waals surface area contributed by atoms with Crippen molar-refractivity contribution in [2.24, 2.45) is 0 Å². The Morgan fingerprint density at radius 2 is 2.27 bits per heavy atom. The number of ether oxygens (including phenoxy) is 1. The van der Waals surface area contributed by atoms with Crippen LogP contribution in [0.2, 0.25) is 0 Å². The van der Waals surface area contributed by atoms with Crippen molar-refractivity contribution < 1.29 is 9.53 Å². The Balaban J connectivity index is 2.41. The van der Waals surface area contributed by atoms with E-state index in [0.29, 0.717) is 16.5 Å². The summed E-state index contributed by atoms with van der Waals surface area (Å²) in [6, 6.07) is 5.51. The number of carbonyl (C=O) groups excluding carboxylic acids is 1. The van der Waals surface area contributed by atoms with Gasteiger partial charge in [0, 0.05) is 0 Å². The van der Waals surface area contributed by atoms with E-state index in [0.717, 1.165) is 5.56 Å². The van der Waals surface area contributed by atoms with E-state index >= 15 is 0 Å². The van der Waals surface area contributed by atoms with Gasteiger partial charge >= 0.3 is 5.97 Å². The maximum atomic E-state index is 11.3.